The molecule has 0 atom stereocenters. The fourth-order valence-corrected chi connectivity index (χ4v) is 2.49. The summed E-state index contributed by atoms with van der Waals surface area (Å²) in [6.07, 6.45) is 0.0452. The van der Waals surface area contributed by atoms with Crippen LogP contribution in [0.25, 0.3) is 0 Å². The maximum absolute atomic E-state index is 13.0. The summed E-state index contributed by atoms with van der Waals surface area (Å²) in [6.45, 7) is -0.0674. The van der Waals surface area contributed by atoms with Crippen LogP contribution in [-0.4, -0.2) is 36.9 Å². The molecule has 0 aliphatic carbocycles. The molecule has 2 aromatic carbocycles. The van der Waals surface area contributed by atoms with Gasteiger partial charge in [0.05, 0.1) is 35.3 Å². The molecule has 0 aliphatic rings. The van der Waals surface area contributed by atoms with Gasteiger partial charge in [-0.1, -0.05) is 35.3 Å². The second-order valence-electron chi connectivity index (χ2n) is 5.45. The van der Waals surface area contributed by atoms with E-state index in [2.05, 4.69) is 5.32 Å². The maximum Gasteiger partial charge on any atom is 0.244 e. The van der Waals surface area contributed by atoms with Crippen LogP contribution in [0.5, 0.6) is 5.75 Å². The highest BCUT2D eigenvalue weighted by atomic mass is 35.5. The molecule has 0 unspecified atom stereocenters. The van der Waals surface area contributed by atoms with E-state index in [1.165, 1.54) is 24.1 Å². The summed E-state index contributed by atoms with van der Waals surface area (Å²) in [5, 5.41) is 3.19. The first-order valence-electron chi connectivity index (χ1n) is 7.73. The van der Waals surface area contributed by atoms with Crippen molar-refractivity contribution >= 4 is 40.7 Å². The zero-order valence-electron chi connectivity index (χ0n) is 14.0. The van der Waals surface area contributed by atoms with E-state index in [1.807, 2.05) is 0 Å². The van der Waals surface area contributed by atoms with Crippen molar-refractivity contribution < 1.29 is 18.7 Å². The van der Waals surface area contributed by atoms with Crippen LogP contribution in [0.3, 0.4) is 0 Å². The van der Waals surface area contributed by atoms with Crippen molar-refractivity contribution in [2.45, 2.75) is 6.42 Å². The van der Waals surface area contributed by atoms with E-state index in [0.29, 0.717) is 16.5 Å². The molecule has 8 heteroatoms. The van der Waals surface area contributed by atoms with Crippen molar-refractivity contribution in [2.75, 3.05) is 25.5 Å². The van der Waals surface area contributed by atoms with Gasteiger partial charge in [0.25, 0.3) is 0 Å². The lowest BCUT2D eigenvalue weighted by atomic mass is 10.3. The molecule has 26 heavy (non-hydrogen) atoms. The molecule has 1 N–H and O–H groups in total. The van der Waals surface area contributed by atoms with Crippen molar-refractivity contribution in [1.29, 1.82) is 0 Å². The van der Waals surface area contributed by atoms with Crippen LogP contribution < -0.4 is 10.1 Å². The quantitative estimate of drug-likeness (QED) is 0.766. The van der Waals surface area contributed by atoms with Crippen molar-refractivity contribution in [1.82, 2.24) is 4.90 Å². The Balaban J connectivity index is 1.78. The van der Waals surface area contributed by atoms with Gasteiger partial charge < -0.3 is 15.0 Å². The van der Waals surface area contributed by atoms with Gasteiger partial charge in [-0.3, -0.25) is 9.59 Å². The average molecular weight is 399 g/mol. The summed E-state index contributed by atoms with van der Waals surface area (Å²) in [5.41, 5.74) is 0.481. The Labute approximate surface area is 160 Å². The molecule has 0 spiro atoms. The fourth-order valence-electron chi connectivity index (χ4n) is 2.09. The van der Waals surface area contributed by atoms with E-state index < -0.39 is 5.82 Å². The summed E-state index contributed by atoms with van der Waals surface area (Å²) in [5.74, 6) is -0.823. The van der Waals surface area contributed by atoms with E-state index in [4.69, 9.17) is 27.9 Å². The highest BCUT2D eigenvalue weighted by Crippen LogP contribution is 2.25. The lowest BCUT2D eigenvalue weighted by Gasteiger charge is -2.17. The molecule has 0 fully saturated rings. The number of amides is 2. The topological polar surface area (TPSA) is 58.6 Å². The normalized spacial score (nSPS) is 10.3. The summed E-state index contributed by atoms with van der Waals surface area (Å²) < 4.78 is 18.3. The third kappa shape index (κ3) is 5.89. The molecule has 2 aromatic rings. The Morgan fingerprint density at radius 3 is 2.58 bits per heavy atom. The van der Waals surface area contributed by atoms with Gasteiger partial charge in [-0.25, -0.2) is 4.39 Å². The predicted molar refractivity (Wildman–Crippen MR) is 99.2 cm³/mol. The first-order valence-corrected chi connectivity index (χ1v) is 8.48. The van der Waals surface area contributed by atoms with E-state index in [0.717, 1.165) is 6.07 Å². The third-order valence-corrected chi connectivity index (χ3v) is 4.05. The number of benzene rings is 2. The number of hydrogen-bond donors (Lipinski definition) is 1. The standard InChI is InChI=1S/C18H17Cl2FN2O3/c1-23(11-17(24)22-15-5-3-2-4-13(15)19)18(25)8-9-26-16-7-6-12(21)10-14(16)20/h2-7,10H,8-9,11H2,1H3,(H,22,24). The summed E-state index contributed by atoms with van der Waals surface area (Å²) >= 11 is 11.8. The zero-order valence-corrected chi connectivity index (χ0v) is 15.5. The Hall–Kier alpha value is -2.31. The predicted octanol–water partition coefficient (Wildman–Crippen LogP) is 4.00. The number of nitrogens with zero attached hydrogens (tertiary/aromatic N) is 1. The van der Waals surface area contributed by atoms with Gasteiger partial charge in [0.2, 0.25) is 11.8 Å². The van der Waals surface area contributed by atoms with Gasteiger partial charge in [-0.15, -0.1) is 0 Å². The number of carbonyl (C=O) groups excluding carboxylic acids is 2. The molecule has 0 saturated carbocycles. The second kappa shape index (κ2) is 9.40. The van der Waals surface area contributed by atoms with E-state index in [9.17, 15) is 14.0 Å². The number of carbonyl (C=O) groups is 2. The van der Waals surface area contributed by atoms with Crippen LogP contribution in [0.15, 0.2) is 42.5 Å². The van der Waals surface area contributed by atoms with Gasteiger partial charge in [-0.2, -0.15) is 0 Å². The lowest BCUT2D eigenvalue weighted by molar-refractivity contribution is -0.133. The van der Waals surface area contributed by atoms with Crippen molar-refractivity contribution in [3.8, 4) is 5.75 Å². The first-order chi connectivity index (χ1) is 12.4. The van der Waals surface area contributed by atoms with Crippen LogP contribution in [0.1, 0.15) is 6.42 Å². The molecular formula is C18H17Cl2FN2O3. The fraction of sp³-hybridized carbons (Fsp3) is 0.222. The second-order valence-corrected chi connectivity index (χ2v) is 6.27. The molecule has 0 saturated heterocycles. The number of rotatable bonds is 7. The Bertz CT molecular complexity index is 802. The van der Waals surface area contributed by atoms with E-state index in [1.54, 1.807) is 24.3 Å². The monoisotopic (exact) mass is 398 g/mol. The van der Waals surface area contributed by atoms with Crippen molar-refractivity contribution in [2.24, 2.45) is 0 Å². The van der Waals surface area contributed by atoms with E-state index >= 15 is 0 Å². The molecule has 0 aliphatic heterocycles. The van der Waals surface area contributed by atoms with Gasteiger partial charge in [0, 0.05) is 7.05 Å². The van der Waals surface area contributed by atoms with Crippen LogP contribution in [0, 0.1) is 5.82 Å². The Kier molecular flexibility index (Phi) is 7.24. The molecule has 5 nitrogen and oxygen atoms in total. The van der Waals surface area contributed by atoms with Crippen LogP contribution in [0.4, 0.5) is 10.1 Å². The van der Waals surface area contributed by atoms with Gasteiger partial charge >= 0.3 is 0 Å². The molecule has 0 heterocycles. The number of likely N-dealkylation sites (N-methyl/N-ethyl adjacent to an activating group) is 1. The number of hydrogen-bond acceptors (Lipinski definition) is 3. The Morgan fingerprint density at radius 2 is 1.88 bits per heavy atom. The smallest absolute Gasteiger partial charge is 0.244 e. The van der Waals surface area contributed by atoms with Crippen molar-refractivity contribution in [3.05, 3.63) is 58.3 Å². The van der Waals surface area contributed by atoms with Gasteiger partial charge in [0.1, 0.15) is 11.6 Å². The number of nitrogens with one attached hydrogen (secondary N) is 1. The van der Waals surface area contributed by atoms with Crippen LogP contribution >= 0.6 is 23.2 Å². The van der Waals surface area contributed by atoms with Crippen molar-refractivity contribution in [3.63, 3.8) is 0 Å². The third-order valence-electron chi connectivity index (χ3n) is 3.42. The number of ether oxygens (including phenoxy) is 1. The summed E-state index contributed by atoms with van der Waals surface area (Å²) in [4.78, 5) is 25.4. The molecule has 2 rings (SSSR count). The number of halogens is 3. The SMILES string of the molecule is CN(CC(=O)Nc1ccccc1Cl)C(=O)CCOc1ccc(F)cc1Cl. The minimum absolute atomic E-state index is 0.0452. The minimum atomic E-state index is -0.470. The zero-order chi connectivity index (χ0) is 19.1. The molecule has 0 bridgehead atoms. The number of anilines is 1. The van der Waals surface area contributed by atoms with Gasteiger partial charge in [0.15, 0.2) is 0 Å². The summed E-state index contributed by atoms with van der Waals surface area (Å²) in [6, 6.07) is 10.6. The Morgan fingerprint density at radius 1 is 1.15 bits per heavy atom. The minimum Gasteiger partial charge on any atom is -0.491 e. The number of para-hydroxylation sites is 1. The lowest BCUT2D eigenvalue weighted by Crippen LogP contribution is -2.35. The largest absolute Gasteiger partial charge is 0.491 e. The molecule has 138 valence electrons. The first kappa shape index (κ1) is 20.0. The molecule has 0 aromatic heterocycles. The summed E-state index contributed by atoms with van der Waals surface area (Å²) in [7, 11) is 1.51. The van der Waals surface area contributed by atoms with Crippen LogP contribution in [-0.2, 0) is 9.59 Å². The average Bonchev–Trinajstić information content (AvgIpc) is 2.58. The van der Waals surface area contributed by atoms with Crippen LogP contribution in [0.2, 0.25) is 10.0 Å². The molecular weight excluding hydrogens is 382 g/mol. The maximum atomic E-state index is 13.0. The highest BCUT2D eigenvalue weighted by molar-refractivity contribution is 6.33. The van der Waals surface area contributed by atoms with E-state index in [-0.39, 0.29) is 36.4 Å². The molecule has 2 amide bonds. The molecule has 0 radical (unpaired) electrons. The highest BCUT2D eigenvalue weighted by Gasteiger charge is 2.14. The van der Waals surface area contributed by atoms with Gasteiger partial charge in [-0.05, 0) is 30.3 Å².